The molecule has 1 unspecified atom stereocenters. The van der Waals surface area contributed by atoms with Crippen LogP contribution in [0.15, 0.2) is 29.2 Å². The zero-order chi connectivity index (χ0) is 14.6. The van der Waals surface area contributed by atoms with Crippen LogP contribution in [0.2, 0.25) is 0 Å². The van der Waals surface area contributed by atoms with E-state index in [2.05, 4.69) is 5.32 Å². The van der Waals surface area contributed by atoms with Crippen LogP contribution in [-0.4, -0.2) is 26.1 Å². The molecule has 0 fully saturated rings. The maximum Gasteiger partial charge on any atom is 0.240 e. The minimum absolute atomic E-state index is 0.00854. The first-order chi connectivity index (χ1) is 8.79. The lowest BCUT2D eigenvalue weighted by Gasteiger charge is -2.21. The first kappa shape index (κ1) is 15.5. The van der Waals surface area contributed by atoms with Crippen LogP contribution in [0.4, 0.5) is 5.69 Å². The maximum atomic E-state index is 12.0. The Morgan fingerprint density at radius 1 is 1.32 bits per heavy atom. The number of nitrogens with one attached hydrogen (secondary N) is 1. The first-order valence-electron chi connectivity index (χ1n) is 6.17. The quantitative estimate of drug-likeness (QED) is 0.826. The van der Waals surface area contributed by atoms with E-state index in [4.69, 9.17) is 5.73 Å². The highest BCUT2D eigenvalue weighted by Gasteiger charge is 2.23. The fourth-order valence-corrected chi connectivity index (χ4v) is 2.81. The molecule has 0 radical (unpaired) electrons. The average molecular weight is 284 g/mol. The number of rotatable bonds is 6. The van der Waals surface area contributed by atoms with Gasteiger partial charge in [0, 0.05) is 0 Å². The summed E-state index contributed by atoms with van der Waals surface area (Å²) in [5.41, 5.74) is 5.74. The molecule has 0 saturated carbocycles. The summed E-state index contributed by atoms with van der Waals surface area (Å²) >= 11 is 0. The van der Waals surface area contributed by atoms with Gasteiger partial charge in [0.05, 0.1) is 16.3 Å². The third-order valence-electron chi connectivity index (χ3n) is 2.89. The number of carbonyl (C=O) groups excluding carboxylic acids is 1. The zero-order valence-electron chi connectivity index (χ0n) is 11.4. The van der Waals surface area contributed by atoms with Crippen LogP contribution in [0.25, 0.3) is 0 Å². The van der Waals surface area contributed by atoms with Crippen molar-refractivity contribution in [1.82, 2.24) is 0 Å². The Kier molecular flexibility index (Phi) is 4.94. The number of para-hydroxylation sites is 1. The summed E-state index contributed by atoms with van der Waals surface area (Å²) < 4.78 is 24.0. The van der Waals surface area contributed by atoms with Crippen molar-refractivity contribution >= 4 is 21.4 Å². The topological polar surface area (TPSA) is 89.3 Å². The van der Waals surface area contributed by atoms with E-state index in [0.717, 1.165) is 0 Å². The van der Waals surface area contributed by atoms with E-state index < -0.39 is 21.8 Å². The van der Waals surface area contributed by atoms with Gasteiger partial charge >= 0.3 is 0 Å². The van der Waals surface area contributed by atoms with Crippen molar-refractivity contribution in [1.29, 1.82) is 0 Å². The summed E-state index contributed by atoms with van der Waals surface area (Å²) in [5, 5.41) is 2.93. The molecular formula is C13H20N2O3S. The molecule has 0 saturated heterocycles. The van der Waals surface area contributed by atoms with Gasteiger partial charge in [-0.25, -0.2) is 8.42 Å². The second-order valence-electron chi connectivity index (χ2n) is 4.67. The Labute approximate surface area is 114 Å². The van der Waals surface area contributed by atoms with Crippen LogP contribution in [0, 0.1) is 5.92 Å². The lowest BCUT2D eigenvalue weighted by Crippen LogP contribution is -2.39. The van der Waals surface area contributed by atoms with Crippen LogP contribution in [0.5, 0.6) is 0 Å². The standard InChI is InChI=1S/C13H20N2O3S/c1-4-19(17,18)11-8-6-5-7-10(11)15-12(9(2)3)13(14)16/h5-9,12,15H,4H2,1-3H3,(H2,14,16). The number of amides is 1. The number of sulfone groups is 1. The first-order valence-corrected chi connectivity index (χ1v) is 7.82. The van der Waals surface area contributed by atoms with Gasteiger partial charge in [0.1, 0.15) is 6.04 Å². The predicted molar refractivity (Wildman–Crippen MR) is 75.6 cm³/mol. The second-order valence-corrected chi connectivity index (χ2v) is 6.91. The van der Waals surface area contributed by atoms with Crippen molar-refractivity contribution in [2.75, 3.05) is 11.1 Å². The maximum absolute atomic E-state index is 12.0. The van der Waals surface area contributed by atoms with Crippen molar-refractivity contribution in [2.45, 2.75) is 31.7 Å². The van der Waals surface area contributed by atoms with Crippen LogP contribution in [0.3, 0.4) is 0 Å². The van der Waals surface area contributed by atoms with Gasteiger partial charge in [-0.3, -0.25) is 4.79 Å². The van der Waals surface area contributed by atoms with Gasteiger partial charge in [-0.15, -0.1) is 0 Å². The lowest BCUT2D eigenvalue weighted by molar-refractivity contribution is -0.119. The lowest BCUT2D eigenvalue weighted by atomic mass is 10.0. The van der Waals surface area contributed by atoms with Crippen molar-refractivity contribution in [3.63, 3.8) is 0 Å². The SMILES string of the molecule is CCS(=O)(=O)c1ccccc1NC(C(N)=O)C(C)C. The third-order valence-corrected chi connectivity index (χ3v) is 4.67. The number of anilines is 1. The van der Waals surface area contributed by atoms with Crippen LogP contribution in [-0.2, 0) is 14.6 Å². The smallest absolute Gasteiger partial charge is 0.240 e. The fourth-order valence-electron chi connectivity index (χ4n) is 1.75. The van der Waals surface area contributed by atoms with E-state index in [1.165, 1.54) is 6.07 Å². The highest BCUT2D eigenvalue weighted by Crippen LogP contribution is 2.23. The molecule has 5 nitrogen and oxygen atoms in total. The molecule has 0 aromatic heterocycles. The molecule has 106 valence electrons. The van der Waals surface area contributed by atoms with Gasteiger partial charge in [-0.1, -0.05) is 32.9 Å². The van der Waals surface area contributed by atoms with Gasteiger partial charge < -0.3 is 11.1 Å². The monoisotopic (exact) mass is 284 g/mol. The molecule has 0 heterocycles. The molecule has 0 aliphatic carbocycles. The van der Waals surface area contributed by atoms with E-state index in [1.54, 1.807) is 25.1 Å². The molecule has 19 heavy (non-hydrogen) atoms. The van der Waals surface area contributed by atoms with Gasteiger partial charge in [0.2, 0.25) is 5.91 Å². The number of hydrogen-bond acceptors (Lipinski definition) is 4. The second kappa shape index (κ2) is 6.06. The molecular weight excluding hydrogens is 264 g/mol. The Hall–Kier alpha value is -1.56. The molecule has 3 N–H and O–H groups in total. The fraction of sp³-hybridized carbons (Fsp3) is 0.462. The van der Waals surface area contributed by atoms with Gasteiger partial charge in [-0.05, 0) is 18.1 Å². The summed E-state index contributed by atoms with van der Waals surface area (Å²) in [6.45, 7) is 5.28. The Balaban J connectivity index is 3.19. The summed E-state index contributed by atoms with van der Waals surface area (Å²) in [7, 11) is -3.34. The molecule has 1 atom stereocenters. The molecule has 1 amide bonds. The van der Waals surface area contributed by atoms with Crippen molar-refractivity contribution in [3.8, 4) is 0 Å². The number of carbonyl (C=O) groups is 1. The molecule has 0 aliphatic heterocycles. The number of benzene rings is 1. The largest absolute Gasteiger partial charge is 0.372 e. The minimum Gasteiger partial charge on any atom is -0.372 e. The summed E-state index contributed by atoms with van der Waals surface area (Å²) in [6.07, 6.45) is 0. The highest BCUT2D eigenvalue weighted by atomic mass is 32.2. The number of hydrogen-bond donors (Lipinski definition) is 2. The van der Waals surface area contributed by atoms with Gasteiger partial charge in [-0.2, -0.15) is 0 Å². The summed E-state index contributed by atoms with van der Waals surface area (Å²) in [4.78, 5) is 11.6. The van der Waals surface area contributed by atoms with Crippen molar-refractivity contribution in [2.24, 2.45) is 11.7 Å². The van der Waals surface area contributed by atoms with E-state index in [1.807, 2.05) is 13.8 Å². The van der Waals surface area contributed by atoms with E-state index in [0.29, 0.717) is 5.69 Å². The molecule has 0 bridgehead atoms. The summed E-state index contributed by atoms with van der Waals surface area (Å²) in [5.74, 6) is -0.525. The molecule has 1 aromatic carbocycles. The van der Waals surface area contributed by atoms with Crippen LogP contribution < -0.4 is 11.1 Å². The third kappa shape index (κ3) is 3.70. The van der Waals surface area contributed by atoms with Crippen molar-refractivity contribution in [3.05, 3.63) is 24.3 Å². The molecule has 0 aliphatic rings. The predicted octanol–water partition coefficient (Wildman–Crippen LogP) is 1.40. The zero-order valence-corrected chi connectivity index (χ0v) is 12.2. The number of nitrogens with two attached hydrogens (primary N) is 1. The van der Waals surface area contributed by atoms with Gasteiger partial charge in [0.25, 0.3) is 0 Å². The minimum atomic E-state index is -3.34. The molecule has 1 rings (SSSR count). The Bertz CT molecular complexity index is 553. The molecule has 6 heteroatoms. The van der Waals surface area contributed by atoms with Gasteiger partial charge in [0.15, 0.2) is 9.84 Å². The normalized spacial score (nSPS) is 13.3. The van der Waals surface area contributed by atoms with E-state index in [-0.39, 0.29) is 16.6 Å². The molecule has 0 spiro atoms. The number of primary amides is 1. The Morgan fingerprint density at radius 2 is 1.89 bits per heavy atom. The van der Waals surface area contributed by atoms with E-state index in [9.17, 15) is 13.2 Å². The van der Waals surface area contributed by atoms with Crippen LogP contribution in [0.1, 0.15) is 20.8 Å². The van der Waals surface area contributed by atoms with E-state index >= 15 is 0 Å². The highest BCUT2D eigenvalue weighted by molar-refractivity contribution is 7.91. The average Bonchev–Trinajstić information content (AvgIpc) is 2.35. The van der Waals surface area contributed by atoms with Crippen LogP contribution >= 0.6 is 0 Å². The summed E-state index contributed by atoms with van der Waals surface area (Å²) in [6, 6.07) is 5.94. The molecule has 1 aromatic rings. The Morgan fingerprint density at radius 3 is 2.37 bits per heavy atom. The van der Waals surface area contributed by atoms with Crippen molar-refractivity contribution < 1.29 is 13.2 Å².